The topological polar surface area (TPSA) is 90.0 Å². The number of sulfonamides is 1. The van der Waals surface area contributed by atoms with Gasteiger partial charge in [0, 0.05) is 7.05 Å². The Morgan fingerprint density at radius 1 is 1.35 bits per heavy atom. The van der Waals surface area contributed by atoms with E-state index in [1.54, 1.807) is 0 Å². The van der Waals surface area contributed by atoms with E-state index < -0.39 is 27.3 Å². The number of rotatable bonds is 3. The summed E-state index contributed by atoms with van der Waals surface area (Å²) in [4.78, 5) is -0.260. The maximum Gasteiger partial charge on any atom is 0.267 e. The first-order valence-corrected chi connectivity index (χ1v) is 6.98. The molecule has 0 amide bonds. The molecule has 0 unspecified atom stereocenters. The van der Waals surface area contributed by atoms with E-state index >= 15 is 0 Å². The molecular weight excluding hydrogens is 290 g/mol. The summed E-state index contributed by atoms with van der Waals surface area (Å²) in [6.45, 7) is 1.50. The minimum Gasteiger partial charge on any atom is -0.381 e. The van der Waals surface area contributed by atoms with Crippen LogP contribution in [0.1, 0.15) is 5.69 Å². The summed E-state index contributed by atoms with van der Waals surface area (Å²) in [7, 11) is -2.64. The molecule has 6 nitrogen and oxygen atoms in total. The molecule has 1 aromatic heterocycles. The second-order valence-corrected chi connectivity index (χ2v) is 5.75. The van der Waals surface area contributed by atoms with Gasteiger partial charge in [-0.2, -0.15) is 5.10 Å². The molecule has 0 aliphatic rings. The summed E-state index contributed by atoms with van der Waals surface area (Å²) in [5, 5.41) is 3.77. The van der Waals surface area contributed by atoms with E-state index in [0.29, 0.717) is 0 Å². The molecule has 0 saturated heterocycles. The molecule has 3 N–H and O–H groups in total. The van der Waals surface area contributed by atoms with Crippen LogP contribution in [0.15, 0.2) is 23.1 Å². The predicted octanol–water partition coefficient (Wildman–Crippen LogP) is 1.39. The van der Waals surface area contributed by atoms with E-state index in [2.05, 4.69) is 5.10 Å². The van der Waals surface area contributed by atoms with Crippen molar-refractivity contribution in [1.29, 1.82) is 0 Å². The van der Waals surface area contributed by atoms with Gasteiger partial charge in [0.2, 0.25) is 0 Å². The highest BCUT2D eigenvalue weighted by Crippen LogP contribution is 2.25. The van der Waals surface area contributed by atoms with E-state index in [9.17, 15) is 17.2 Å². The van der Waals surface area contributed by atoms with Crippen molar-refractivity contribution in [2.45, 2.75) is 11.8 Å². The van der Waals surface area contributed by atoms with Crippen LogP contribution in [-0.4, -0.2) is 18.2 Å². The summed E-state index contributed by atoms with van der Waals surface area (Å²) in [6, 6.07) is 3.18. The van der Waals surface area contributed by atoms with E-state index in [1.165, 1.54) is 24.7 Å². The van der Waals surface area contributed by atoms with Gasteiger partial charge in [-0.1, -0.05) is 6.07 Å². The highest BCUT2D eigenvalue weighted by atomic mass is 32.2. The summed E-state index contributed by atoms with van der Waals surface area (Å²) in [5.41, 5.74) is 5.32. The maximum atomic E-state index is 13.5. The van der Waals surface area contributed by atoms with Crippen LogP contribution in [0.4, 0.5) is 20.3 Å². The van der Waals surface area contributed by atoms with Gasteiger partial charge in [-0.25, -0.2) is 17.2 Å². The zero-order valence-corrected chi connectivity index (χ0v) is 11.5. The first-order valence-electron chi connectivity index (χ1n) is 5.50. The van der Waals surface area contributed by atoms with Crippen molar-refractivity contribution >= 4 is 21.5 Å². The first-order chi connectivity index (χ1) is 9.24. The number of nitrogen functional groups attached to an aromatic ring is 1. The molecule has 2 rings (SSSR count). The zero-order chi connectivity index (χ0) is 15.1. The fourth-order valence-electron chi connectivity index (χ4n) is 1.72. The molecule has 1 aromatic carbocycles. The lowest BCUT2D eigenvalue weighted by molar-refractivity contribution is 0.511. The van der Waals surface area contributed by atoms with Crippen LogP contribution in [0.2, 0.25) is 0 Å². The monoisotopic (exact) mass is 302 g/mol. The predicted molar refractivity (Wildman–Crippen MR) is 69.5 cm³/mol. The Balaban J connectivity index is 2.49. The van der Waals surface area contributed by atoms with Gasteiger partial charge in [0.1, 0.15) is 0 Å². The molecular formula is C11H12F2N4O2S. The fourth-order valence-corrected chi connectivity index (χ4v) is 3.11. The van der Waals surface area contributed by atoms with Crippen LogP contribution in [-0.2, 0) is 17.1 Å². The Bertz CT molecular complexity index is 771. The van der Waals surface area contributed by atoms with Gasteiger partial charge >= 0.3 is 0 Å². The van der Waals surface area contributed by atoms with Crippen molar-refractivity contribution in [3.8, 4) is 0 Å². The normalized spacial score (nSPS) is 11.6. The molecule has 1 heterocycles. The highest BCUT2D eigenvalue weighted by molar-refractivity contribution is 7.93. The standard InChI is InChI=1S/C11H12F2N4O2S/c1-6-10(11(14)15-17(6)2)20(18,19)16-8-5-3-4-7(12)9(8)13/h3-5,16H,1-2H3,(H2,14,15). The number of nitrogens with one attached hydrogen (secondary N) is 1. The smallest absolute Gasteiger partial charge is 0.267 e. The van der Waals surface area contributed by atoms with Gasteiger partial charge in [0.25, 0.3) is 10.0 Å². The molecule has 0 atom stereocenters. The van der Waals surface area contributed by atoms with Crippen LogP contribution in [0.3, 0.4) is 0 Å². The summed E-state index contributed by atoms with van der Waals surface area (Å²) in [6.07, 6.45) is 0. The lowest BCUT2D eigenvalue weighted by Gasteiger charge is -2.09. The van der Waals surface area contributed by atoms with Crippen molar-refractivity contribution in [3.63, 3.8) is 0 Å². The summed E-state index contributed by atoms with van der Waals surface area (Å²) >= 11 is 0. The van der Waals surface area contributed by atoms with Crippen molar-refractivity contribution in [1.82, 2.24) is 9.78 Å². The largest absolute Gasteiger partial charge is 0.381 e. The second kappa shape index (κ2) is 4.75. The third-order valence-corrected chi connectivity index (χ3v) is 4.30. The molecule has 2 aromatic rings. The minimum atomic E-state index is -4.16. The van der Waals surface area contributed by atoms with Crippen LogP contribution >= 0.6 is 0 Å². The Kier molecular flexibility index (Phi) is 3.38. The van der Waals surface area contributed by atoms with Crippen molar-refractivity contribution < 1.29 is 17.2 Å². The molecule has 108 valence electrons. The van der Waals surface area contributed by atoms with Crippen LogP contribution in [0.25, 0.3) is 0 Å². The van der Waals surface area contributed by atoms with Gasteiger partial charge in [-0.05, 0) is 19.1 Å². The number of nitrogens with zero attached hydrogens (tertiary/aromatic N) is 2. The van der Waals surface area contributed by atoms with Crippen LogP contribution < -0.4 is 10.5 Å². The second-order valence-electron chi connectivity index (χ2n) is 4.13. The number of aromatic nitrogens is 2. The number of nitrogens with two attached hydrogens (primary N) is 1. The SMILES string of the molecule is Cc1c(S(=O)(=O)Nc2cccc(F)c2F)c(N)nn1C. The summed E-state index contributed by atoms with van der Waals surface area (Å²) < 4.78 is 54.2. The van der Waals surface area contributed by atoms with E-state index in [0.717, 1.165) is 12.1 Å². The Morgan fingerprint density at radius 3 is 2.55 bits per heavy atom. The molecule has 0 spiro atoms. The number of aryl methyl sites for hydroxylation is 1. The van der Waals surface area contributed by atoms with Gasteiger partial charge < -0.3 is 5.73 Å². The van der Waals surface area contributed by atoms with Gasteiger partial charge in [-0.3, -0.25) is 9.40 Å². The molecule has 0 fully saturated rings. The summed E-state index contributed by atoms with van der Waals surface area (Å²) in [5.74, 6) is -2.65. The number of halogens is 2. The zero-order valence-electron chi connectivity index (χ0n) is 10.7. The van der Waals surface area contributed by atoms with Crippen LogP contribution in [0, 0.1) is 18.6 Å². The number of hydrogen-bond acceptors (Lipinski definition) is 4. The van der Waals surface area contributed by atoms with Crippen molar-refractivity contribution in [3.05, 3.63) is 35.5 Å². The van der Waals surface area contributed by atoms with E-state index in [4.69, 9.17) is 5.73 Å². The number of hydrogen-bond donors (Lipinski definition) is 2. The Labute approximate surface area is 114 Å². The third-order valence-electron chi connectivity index (χ3n) is 2.77. The minimum absolute atomic E-state index is 0.214. The third kappa shape index (κ3) is 2.31. The molecule has 0 bridgehead atoms. The molecule has 0 radical (unpaired) electrons. The lowest BCUT2D eigenvalue weighted by atomic mass is 10.3. The first kappa shape index (κ1) is 14.3. The Morgan fingerprint density at radius 2 is 2.00 bits per heavy atom. The van der Waals surface area contributed by atoms with E-state index in [-0.39, 0.29) is 16.4 Å². The average Bonchev–Trinajstić information content (AvgIpc) is 2.59. The fraction of sp³-hybridized carbons (Fsp3) is 0.182. The Hall–Kier alpha value is -2.16. The van der Waals surface area contributed by atoms with Crippen molar-refractivity contribution in [2.75, 3.05) is 10.5 Å². The van der Waals surface area contributed by atoms with E-state index in [1.807, 2.05) is 4.72 Å². The molecule has 9 heteroatoms. The average molecular weight is 302 g/mol. The molecule has 0 aliphatic carbocycles. The quantitative estimate of drug-likeness (QED) is 0.896. The maximum absolute atomic E-state index is 13.5. The number of anilines is 2. The van der Waals surface area contributed by atoms with Gasteiger partial charge in [0.05, 0.1) is 11.4 Å². The van der Waals surface area contributed by atoms with Gasteiger partial charge in [-0.15, -0.1) is 0 Å². The highest BCUT2D eigenvalue weighted by Gasteiger charge is 2.26. The number of benzene rings is 1. The van der Waals surface area contributed by atoms with Crippen molar-refractivity contribution in [2.24, 2.45) is 7.05 Å². The lowest BCUT2D eigenvalue weighted by Crippen LogP contribution is -2.16. The van der Waals surface area contributed by atoms with Crippen LogP contribution in [0.5, 0.6) is 0 Å². The molecule has 0 aliphatic heterocycles. The van der Waals surface area contributed by atoms with Gasteiger partial charge in [0.15, 0.2) is 22.3 Å². The molecule has 0 saturated carbocycles. The molecule has 20 heavy (non-hydrogen) atoms.